The van der Waals surface area contributed by atoms with Crippen LogP contribution in [0.4, 0.5) is 0 Å². The number of nitrogens with one attached hydrogen (secondary N) is 2. The first-order chi connectivity index (χ1) is 15.0. The molecule has 0 spiro atoms. The lowest BCUT2D eigenvalue weighted by atomic mass is 9.92. The summed E-state index contributed by atoms with van der Waals surface area (Å²) < 4.78 is 5.56. The van der Waals surface area contributed by atoms with Gasteiger partial charge in [-0.2, -0.15) is 0 Å². The van der Waals surface area contributed by atoms with Gasteiger partial charge in [0.2, 0.25) is 0 Å². The van der Waals surface area contributed by atoms with E-state index in [2.05, 4.69) is 36.3 Å². The van der Waals surface area contributed by atoms with Crippen molar-refractivity contribution in [3.05, 3.63) is 35.4 Å². The minimum Gasteiger partial charge on any atom is -0.379 e. The van der Waals surface area contributed by atoms with Crippen molar-refractivity contribution >= 4 is 35.8 Å². The first kappa shape index (κ1) is 28.6. The summed E-state index contributed by atoms with van der Waals surface area (Å²) >= 11 is 0. The van der Waals surface area contributed by atoms with E-state index in [1.165, 1.54) is 12.8 Å². The van der Waals surface area contributed by atoms with Crippen molar-refractivity contribution < 1.29 is 9.53 Å². The van der Waals surface area contributed by atoms with Gasteiger partial charge in [0, 0.05) is 51.9 Å². The van der Waals surface area contributed by atoms with Gasteiger partial charge in [-0.15, -0.1) is 24.0 Å². The second-order valence-corrected chi connectivity index (χ2v) is 8.26. The predicted octanol–water partition coefficient (Wildman–Crippen LogP) is 3.20. The average Bonchev–Trinajstić information content (AvgIpc) is 2.80. The number of halogens is 1. The second kappa shape index (κ2) is 15.4. The predicted molar refractivity (Wildman–Crippen MR) is 143 cm³/mol. The molecule has 2 N–H and O–H groups in total. The first-order valence-electron chi connectivity index (χ1n) is 11.6. The van der Waals surface area contributed by atoms with Crippen molar-refractivity contribution in [2.24, 2.45) is 10.9 Å². The maximum Gasteiger partial charge on any atom is 0.253 e. The number of amides is 1. The van der Waals surface area contributed by atoms with Gasteiger partial charge in [-0.3, -0.25) is 9.69 Å². The van der Waals surface area contributed by atoms with E-state index in [-0.39, 0.29) is 29.9 Å². The van der Waals surface area contributed by atoms with E-state index in [9.17, 15) is 4.79 Å². The smallest absolute Gasteiger partial charge is 0.253 e. The van der Waals surface area contributed by atoms with Crippen LogP contribution in [0.15, 0.2) is 29.3 Å². The highest BCUT2D eigenvalue weighted by molar-refractivity contribution is 14.0. The molecule has 8 heteroatoms. The van der Waals surface area contributed by atoms with Gasteiger partial charge in [0.15, 0.2) is 5.96 Å². The van der Waals surface area contributed by atoms with Gasteiger partial charge in [-0.05, 0) is 30.5 Å². The number of guanidine groups is 1. The lowest BCUT2D eigenvalue weighted by molar-refractivity contribution is 0.00272. The number of rotatable bonds is 10. The standard InChI is InChI=1S/C24H41N5O2.HI/c1-6-20(7-2)22(29-13-15-31-16-14-29)18-27-24(25-8-3)26-17-19-9-11-21(12-10-19)23(30)28(4)5;/h9-12,20,22H,6-8,13-18H2,1-5H3,(H2,25,26,27);1H. The number of morpholine rings is 1. The Labute approximate surface area is 211 Å². The molecule has 0 saturated carbocycles. The van der Waals surface area contributed by atoms with Crippen LogP contribution in [0.5, 0.6) is 0 Å². The lowest BCUT2D eigenvalue weighted by Crippen LogP contribution is -2.53. The van der Waals surface area contributed by atoms with Crippen LogP contribution in [0.3, 0.4) is 0 Å². The largest absolute Gasteiger partial charge is 0.379 e. The number of benzene rings is 1. The molecule has 1 aliphatic rings. The molecule has 0 radical (unpaired) electrons. The van der Waals surface area contributed by atoms with Gasteiger partial charge >= 0.3 is 0 Å². The van der Waals surface area contributed by atoms with E-state index in [0.717, 1.165) is 50.9 Å². The molecule has 1 fully saturated rings. The number of hydrogen-bond donors (Lipinski definition) is 2. The average molecular weight is 560 g/mol. The third kappa shape index (κ3) is 8.86. The van der Waals surface area contributed by atoms with Crippen LogP contribution in [0, 0.1) is 5.92 Å². The van der Waals surface area contributed by atoms with Crippen LogP contribution < -0.4 is 10.6 Å². The highest BCUT2D eigenvalue weighted by Gasteiger charge is 2.27. The number of carbonyl (C=O) groups is 1. The Kier molecular flexibility index (Phi) is 13.8. The molecule has 1 saturated heterocycles. The van der Waals surface area contributed by atoms with Crippen LogP contribution in [0.2, 0.25) is 0 Å². The highest BCUT2D eigenvalue weighted by atomic mass is 127. The van der Waals surface area contributed by atoms with Gasteiger partial charge in [0.05, 0.1) is 19.8 Å². The minimum atomic E-state index is 0. The summed E-state index contributed by atoms with van der Waals surface area (Å²) in [5.41, 5.74) is 1.78. The number of ether oxygens (including phenoxy) is 1. The fraction of sp³-hybridized carbons (Fsp3) is 0.667. The van der Waals surface area contributed by atoms with Gasteiger partial charge in [-0.1, -0.05) is 38.8 Å². The van der Waals surface area contributed by atoms with Crippen LogP contribution in [-0.4, -0.2) is 81.2 Å². The quantitative estimate of drug-likeness (QED) is 0.262. The molecular formula is C24H42IN5O2. The topological polar surface area (TPSA) is 69.2 Å². The Morgan fingerprint density at radius 1 is 1.09 bits per heavy atom. The van der Waals surface area contributed by atoms with Gasteiger partial charge in [-0.25, -0.2) is 4.99 Å². The zero-order valence-electron chi connectivity index (χ0n) is 20.4. The summed E-state index contributed by atoms with van der Waals surface area (Å²) in [6.07, 6.45) is 2.35. The summed E-state index contributed by atoms with van der Waals surface area (Å²) in [7, 11) is 3.53. The molecular weight excluding hydrogens is 517 g/mol. The zero-order chi connectivity index (χ0) is 22.6. The van der Waals surface area contributed by atoms with E-state index in [1.54, 1.807) is 19.0 Å². The Bertz CT molecular complexity index is 686. The molecule has 1 atom stereocenters. The van der Waals surface area contributed by atoms with Crippen LogP contribution in [0.25, 0.3) is 0 Å². The van der Waals surface area contributed by atoms with Gasteiger partial charge < -0.3 is 20.3 Å². The van der Waals surface area contributed by atoms with Crippen molar-refractivity contribution in [1.29, 1.82) is 0 Å². The minimum absolute atomic E-state index is 0. The van der Waals surface area contributed by atoms with E-state index >= 15 is 0 Å². The number of nitrogens with zero attached hydrogens (tertiary/aromatic N) is 3. The Balaban J connectivity index is 0.00000512. The summed E-state index contributed by atoms with van der Waals surface area (Å²) in [5, 5.41) is 6.94. The van der Waals surface area contributed by atoms with Gasteiger partial charge in [0.1, 0.15) is 0 Å². The SMILES string of the molecule is CCNC(=NCc1ccc(C(=O)N(C)C)cc1)NCC(C(CC)CC)N1CCOCC1.I. The number of aliphatic imine (C=N–C) groups is 1. The summed E-state index contributed by atoms with van der Waals surface area (Å²) in [6, 6.07) is 8.17. The molecule has 1 amide bonds. The Morgan fingerprint density at radius 3 is 2.25 bits per heavy atom. The Morgan fingerprint density at radius 2 is 1.72 bits per heavy atom. The molecule has 1 unspecified atom stereocenters. The summed E-state index contributed by atoms with van der Waals surface area (Å²) in [5.74, 6) is 1.50. The van der Waals surface area contributed by atoms with Crippen LogP contribution in [0.1, 0.15) is 49.5 Å². The molecule has 182 valence electrons. The molecule has 1 aromatic carbocycles. The fourth-order valence-electron chi connectivity index (χ4n) is 4.06. The van der Waals surface area contributed by atoms with Gasteiger partial charge in [0.25, 0.3) is 5.91 Å². The molecule has 1 aliphatic heterocycles. The zero-order valence-corrected chi connectivity index (χ0v) is 22.7. The van der Waals surface area contributed by atoms with E-state index in [4.69, 9.17) is 9.73 Å². The molecule has 7 nitrogen and oxygen atoms in total. The summed E-state index contributed by atoms with van der Waals surface area (Å²) in [4.78, 5) is 21.0. The highest BCUT2D eigenvalue weighted by Crippen LogP contribution is 2.19. The molecule has 32 heavy (non-hydrogen) atoms. The number of carbonyl (C=O) groups excluding carboxylic acids is 1. The van der Waals surface area contributed by atoms with E-state index in [0.29, 0.717) is 24.1 Å². The molecule has 0 aromatic heterocycles. The van der Waals surface area contributed by atoms with Crippen molar-refractivity contribution in [2.45, 2.75) is 46.2 Å². The molecule has 0 aliphatic carbocycles. The van der Waals surface area contributed by atoms with Crippen molar-refractivity contribution in [3.63, 3.8) is 0 Å². The third-order valence-corrected chi connectivity index (χ3v) is 5.96. The van der Waals surface area contributed by atoms with E-state index in [1.807, 2.05) is 24.3 Å². The fourth-order valence-corrected chi connectivity index (χ4v) is 4.06. The molecule has 0 bridgehead atoms. The number of hydrogen-bond acceptors (Lipinski definition) is 4. The van der Waals surface area contributed by atoms with Crippen molar-refractivity contribution in [2.75, 3.05) is 53.5 Å². The maximum atomic E-state index is 12.1. The van der Waals surface area contributed by atoms with Crippen LogP contribution >= 0.6 is 24.0 Å². The molecule has 1 heterocycles. The van der Waals surface area contributed by atoms with Crippen molar-refractivity contribution in [1.82, 2.24) is 20.4 Å². The third-order valence-electron chi connectivity index (χ3n) is 5.96. The molecule has 2 rings (SSSR count). The normalized spacial score (nSPS) is 15.8. The molecule has 1 aromatic rings. The van der Waals surface area contributed by atoms with E-state index < -0.39 is 0 Å². The summed E-state index contributed by atoms with van der Waals surface area (Å²) in [6.45, 7) is 12.5. The maximum absolute atomic E-state index is 12.1. The second-order valence-electron chi connectivity index (χ2n) is 8.26. The monoisotopic (exact) mass is 559 g/mol. The van der Waals surface area contributed by atoms with Crippen molar-refractivity contribution in [3.8, 4) is 0 Å². The lowest BCUT2D eigenvalue weighted by Gasteiger charge is -2.39. The first-order valence-corrected chi connectivity index (χ1v) is 11.6. The van der Waals surface area contributed by atoms with Crippen LogP contribution in [-0.2, 0) is 11.3 Å². The Hall–Kier alpha value is -1.39.